The van der Waals surface area contributed by atoms with Crippen molar-refractivity contribution < 1.29 is 28.1 Å². The number of amides is 2. The molecule has 0 aliphatic heterocycles. The summed E-state index contributed by atoms with van der Waals surface area (Å²) in [5.74, 6) is 0.801. The molecule has 11 heteroatoms. The first kappa shape index (κ1) is 27.3. The minimum absolute atomic E-state index is 0.0549. The molecule has 3 aromatic rings. The van der Waals surface area contributed by atoms with E-state index in [1.807, 2.05) is 6.07 Å². The van der Waals surface area contributed by atoms with Gasteiger partial charge < -0.3 is 29.6 Å². The third kappa shape index (κ3) is 5.16. The summed E-state index contributed by atoms with van der Waals surface area (Å²) in [6, 6.07) is 7.42. The average Bonchev–Trinajstić information content (AvgIpc) is 3.13. The van der Waals surface area contributed by atoms with E-state index in [4.69, 9.17) is 42.1 Å². The van der Waals surface area contributed by atoms with Crippen LogP contribution < -0.4 is 35.0 Å². The normalized spacial score (nSPS) is 13.9. The van der Waals surface area contributed by atoms with E-state index < -0.39 is 17.9 Å². The molecule has 8 nitrogen and oxygen atoms in total. The molecule has 0 heterocycles. The van der Waals surface area contributed by atoms with Crippen LogP contribution in [0.3, 0.4) is 0 Å². The molecule has 3 aromatic carbocycles. The lowest BCUT2D eigenvalue weighted by atomic mass is 9.95. The Labute approximate surface area is 228 Å². The van der Waals surface area contributed by atoms with Gasteiger partial charge in [-0.15, -0.1) is 0 Å². The molecule has 0 bridgehead atoms. The van der Waals surface area contributed by atoms with Gasteiger partial charge in [0.15, 0.2) is 17.2 Å². The van der Waals surface area contributed by atoms with Crippen molar-refractivity contribution in [3.63, 3.8) is 0 Å². The summed E-state index contributed by atoms with van der Waals surface area (Å²) in [5.41, 5.74) is 2.44. The Balaban J connectivity index is 1.85. The minimum Gasteiger partial charge on any atom is -0.493 e. The Bertz CT molecular complexity index is 1440. The summed E-state index contributed by atoms with van der Waals surface area (Å²) in [7, 11) is 5.96. The van der Waals surface area contributed by atoms with Crippen LogP contribution in [-0.4, -0.2) is 34.5 Å². The van der Waals surface area contributed by atoms with E-state index in [1.165, 1.54) is 34.5 Å². The minimum atomic E-state index is -0.643. The number of fused-ring (bicyclic) bond motifs is 3. The lowest BCUT2D eigenvalue weighted by Crippen LogP contribution is -2.33. The number of nitrogens with one attached hydrogen (secondary N) is 2. The van der Waals surface area contributed by atoms with E-state index in [0.717, 1.165) is 17.7 Å². The lowest BCUT2D eigenvalue weighted by Gasteiger charge is -2.20. The standard InChI is InChI=1S/C27H25Cl2FN2O6/c1-35-21-8-6-15-16(12-20(21)33)19(31-27(34)32-24-17(28)10-14(30)11-18(24)29)7-5-13-9-22(36-2)25(37-3)26(38-4)23(13)15/h6,8-12,19H,5,7H2,1-4H3,(H2,31,32,34)/t19-/m0/s1. The maximum Gasteiger partial charge on any atom is 0.319 e. The fourth-order valence-corrected chi connectivity index (χ4v) is 5.14. The van der Waals surface area contributed by atoms with E-state index in [1.54, 1.807) is 12.1 Å². The Morgan fingerprint density at radius 1 is 0.921 bits per heavy atom. The number of anilines is 1. The highest BCUT2D eigenvalue weighted by Gasteiger charge is 2.30. The van der Waals surface area contributed by atoms with E-state index in [0.29, 0.717) is 46.8 Å². The number of urea groups is 1. The Morgan fingerprint density at radius 2 is 1.58 bits per heavy atom. The second kappa shape index (κ2) is 11.4. The number of hydrogen-bond acceptors (Lipinski definition) is 6. The van der Waals surface area contributed by atoms with Gasteiger partial charge in [-0.05, 0) is 59.9 Å². The Hall–Kier alpha value is -3.69. The van der Waals surface area contributed by atoms with Crippen LogP contribution in [0, 0.1) is 5.82 Å². The predicted octanol–water partition coefficient (Wildman–Crippen LogP) is 6.00. The van der Waals surface area contributed by atoms with E-state index in [-0.39, 0.29) is 26.9 Å². The van der Waals surface area contributed by atoms with Gasteiger partial charge in [0.25, 0.3) is 0 Å². The highest BCUT2D eigenvalue weighted by atomic mass is 35.5. The second-order valence-electron chi connectivity index (χ2n) is 8.39. The van der Waals surface area contributed by atoms with E-state index >= 15 is 0 Å². The average molecular weight is 563 g/mol. The number of carbonyl (C=O) groups excluding carboxylic acids is 1. The Morgan fingerprint density at radius 3 is 2.18 bits per heavy atom. The van der Waals surface area contributed by atoms with Crippen molar-refractivity contribution in [2.45, 2.75) is 18.9 Å². The summed E-state index contributed by atoms with van der Waals surface area (Å²) >= 11 is 12.2. The molecule has 4 rings (SSSR count). The first-order chi connectivity index (χ1) is 18.2. The number of carbonyl (C=O) groups is 1. The predicted molar refractivity (Wildman–Crippen MR) is 144 cm³/mol. The van der Waals surface area contributed by atoms with Crippen molar-refractivity contribution in [3.05, 3.63) is 73.6 Å². The van der Waals surface area contributed by atoms with Gasteiger partial charge in [-0.2, -0.15) is 0 Å². The zero-order chi connectivity index (χ0) is 27.6. The highest BCUT2D eigenvalue weighted by molar-refractivity contribution is 6.39. The zero-order valence-electron chi connectivity index (χ0n) is 21.0. The number of rotatable bonds is 6. The molecule has 200 valence electrons. The third-order valence-electron chi connectivity index (χ3n) is 6.27. The van der Waals surface area contributed by atoms with Gasteiger partial charge in [-0.25, -0.2) is 9.18 Å². The largest absolute Gasteiger partial charge is 0.493 e. The van der Waals surface area contributed by atoms with Gasteiger partial charge in [0.05, 0.1) is 50.2 Å². The van der Waals surface area contributed by atoms with Gasteiger partial charge in [0.2, 0.25) is 11.2 Å². The summed E-state index contributed by atoms with van der Waals surface area (Å²) in [5, 5.41) is 5.37. The monoisotopic (exact) mass is 562 g/mol. The topological polar surface area (TPSA) is 95.1 Å². The molecule has 0 fully saturated rings. The fourth-order valence-electron chi connectivity index (χ4n) is 4.59. The molecule has 2 amide bonds. The highest BCUT2D eigenvalue weighted by Crippen LogP contribution is 2.50. The molecule has 0 saturated carbocycles. The smallest absolute Gasteiger partial charge is 0.319 e. The number of benzene rings is 2. The molecular weight excluding hydrogens is 538 g/mol. The quantitative estimate of drug-likeness (QED) is 0.382. The van der Waals surface area contributed by atoms with Crippen molar-refractivity contribution in [2.24, 2.45) is 0 Å². The summed E-state index contributed by atoms with van der Waals surface area (Å²) in [6.07, 6.45) is 0.918. The van der Waals surface area contributed by atoms with Crippen LogP contribution in [0.5, 0.6) is 23.0 Å². The number of methoxy groups -OCH3 is 4. The molecule has 1 aliphatic rings. The van der Waals surface area contributed by atoms with Crippen molar-refractivity contribution in [1.82, 2.24) is 5.32 Å². The number of ether oxygens (including phenoxy) is 4. The molecular formula is C27H25Cl2FN2O6. The molecule has 1 aliphatic carbocycles. The fraction of sp³-hybridized carbons (Fsp3) is 0.259. The SMILES string of the molecule is COc1cc2c(c(OC)c1OC)-c1ccc(OC)c(=O)cc1[C@@H](NC(=O)Nc1c(Cl)cc(F)cc1Cl)CC2. The maximum absolute atomic E-state index is 13.6. The van der Waals surface area contributed by atoms with E-state index in [9.17, 15) is 14.0 Å². The van der Waals surface area contributed by atoms with Crippen LogP contribution in [-0.2, 0) is 6.42 Å². The summed E-state index contributed by atoms with van der Waals surface area (Å²) < 4.78 is 35.8. The molecule has 0 radical (unpaired) electrons. The molecule has 38 heavy (non-hydrogen) atoms. The molecule has 0 spiro atoms. The molecule has 1 atom stereocenters. The molecule has 0 unspecified atom stereocenters. The van der Waals surface area contributed by atoms with Crippen molar-refractivity contribution in [2.75, 3.05) is 33.8 Å². The van der Waals surface area contributed by atoms with Crippen LogP contribution in [0.2, 0.25) is 10.0 Å². The Kier molecular flexibility index (Phi) is 8.18. The maximum atomic E-state index is 13.6. The first-order valence-electron chi connectivity index (χ1n) is 11.5. The zero-order valence-corrected chi connectivity index (χ0v) is 22.6. The third-order valence-corrected chi connectivity index (χ3v) is 6.87. The van der Waals surface area contributed by atoms with E-state index in [2.05, 4.69) is 10.6 Å². The van der Waals surface area contributed by atoms with Crippen LogP contribution in [0.1, 0.15) is 23.6 Å². The van der Waals surface area contributed by atoms with Crippen molar-refractivity contribution in [1.29, 1.82) is 0 Å². The number of aryl methyl sites for hydroxylation is 1. The van der Waals surface area contributed by atoms with Crippen LogP contribution in [0.25, 0.3) is 11.1 Å². The van der Waals surface area contributed by atoms with Crippen LogP contribution in [0.4, 0.5) is 14.9 Å². The molecule has 0 aromatic heterocycles. The van der Waals surface area contributed by atoms with Gasteiger partial charge in [-0.1, -0.05) is 29.3 Å². The number of halogens is 3. The number of hydrogen-bond donors (Lipinski definition) is 2. The van der Waals surface area contributed by atoms with Crippen LogP contribution >= 0.6 is 23.2 Å². The van der Waals surface area contributed by atoms with Gasteiger partial charge in [0.1, 0.15) is 5.82 Å². The lowest BCUT2D eigenvalue weighted by molar-refractivity contribution is 0.248. The van der Waals surface area contributed by atoms with Crippen LogP contribution in [0.15, 0.2) is 41.2 Å². The van der Waals surface area contributed by atoms with Crippen molar-refractivity contribution in [3.8, 4) is 34.1 Å². The first-order valence-corrected chi connectivity index (χ1v) is 12.2. The van der Waals surface area contributed by atoms with Gasteiger partial charge >= 0.3 is 6.03 Å². The second-order valence-corrected chi connectivity index (χ2v) is 9.21. The summed E-state index contributed by atoms with van der Waals surface area (Å²) in [6.45, 7) is 0. The van der Waals surface area contributed by atoms with Gasteiger partial charge in [0, 0.05) is 5.56 Å². The summed E-state index contributed by atoms with van der Waals surface area (Å²) in [4.78, 5) is 26.0. The molecule has 2 N–H and O–H groups in total. The van der Waals surface area contributed by atoms with Crippen molar-refractivity contribution >= 4 is 34.9 Å². The van der Waals surface area contributed by atoms with Gasteiger partial charge in [-0.3, -0.25) is 4.79 Å². The molecule has 0 saturated heterocycles.